The van der Waals surface area contributed by atoms with E-state index in [0.717, 1.165) is 23.4 Å². The number of ether oxygens (including phenoxy) is 1. The molecule has 0 saturated carbocycles. The Hall–Kier alpha value is -2.70. The van der Waals surface area contributed by atoms with Gasteiger partial charge in [0.25, 0.3) is 0 Å². The number of aryl methyl sites for hydroxylation is 1. The number of rotatable bonds is 10. The van der Waals surface area contributed by atoms with E-state index in [1.165, 1.54) is 12.1 Å². The van der Waals surface area contributed by atoms with Crippen molar-refractivity contribution >= 4 is 0 Å². The van der Waals surface area contributed by atoms with Gasteiger partial charge in [-0.05, 0) is 36.6 Å². The molecule has 166 valence electrons. The molecular weight excluding hydrogens is 393 g/mol. The average molecular weight is 426 g/mol. The second-order valence-corrected chi connectivity index (χ2v) is 8.33. The van der Waals surface area contributed by atoms with Crippen molar-refractivity contribution in [3.05, 3.63) is 66.0 Å². The maximum absolute atomic E-state index is 13.4. The highest BCUT2D eigenvalue weighted by Gasteiger charge is 2.23. The minimum atomic E-state index is -0.392. The quantitative estimate of drug-likeness (QED) is 0.482. The molecule has 1 heterocycles. The zero-order valence-corrected chi connectivity index (χ0v) is 18.8. The highest BCUT2D eigenvalue weighted by Crippen LogP contribution is 2.34. The number of aliphatic hydroxyl groups is 1. The first-order valence-corrected chi connectivity index (χ1v) is 10.8. The zero-order chi connectivity index (χ0) is 22.4. The van der Waals surface area contributed by atoms with Crippen LogP contribution in [-0.4, -0.2) is 39.0 Å². The lowest BCUT2D eigenvalue weighted by Gasteiger charge is -2.26. The van der Waals surface area contributed by atoms with Crippen molar-refractivity contribution in [1.82, 2.24) is 14.7 Å². The maximum atomic E-state index is 13.4. The fourth-order valence-corrected chi connectivity index (χ4v) is 3.64. The second kappa shape index (κ2) is 10.6. The second-order valence-electron chi connectivity index (χ2n) is 8.33. The van der Waals surface area contributed by atoms with Gasteiger partial charge in [0.2, 0.25) is 5.88 Å². The topological polar surface area (TPSA) is 50.5 Å². The van der Waals surface area contributed by atoms with E-state index < -0.39 is 6.10 Å². The minimum absolute atomic E-state index is 0.306. The predicted molar refractivity (Wildman–Crippen MR) is 122 cm³/mol. The summed E-state index contributed by atoms with van der Waals surface area (Å²) in [5, 5.41) is 15.1. The van der Waals surface area contributed by atoms with Crippen molar-refractivity contribution in [3.63, 3.8) is 0 Å². The number of hydrogen-bond acceptors (Lipinski definition) is 4. The summed E-state index contributed by atoms with van der Waals surface area (Å²) in [5.74, 6) is 1.31. The van der Waals surface area contributed by atoms with Crippen molar-refractivity contribution in [2.24, 2.45) is 13.0 Å². The van der Waals surface area contributed by atoms with Crippen molar-refractivity contribution in [1.29, 1.82) is 0 Å². The van der Waals surface area contributed by atoms with E-state index in [1.807, 2.05) is 44.3 Å². The number of aromatic nitrogens is 2. The predicted octanol–water partition coefficient (Wildman–Crippen LogP) is 5.25. The Balaban J connectivity index is 2.02. The van der Waals surface area contributed by atoms with Crippen LogP contribution in [0.2, 0.25) is 0 Å². The van der Waals surface area contributed by atoms with Gasteiger partial charge in [0.1, 0.15) is 17.3 Å². The number of aliphatic hydroxyl groups excluding tert-OH is 1. The molecule has 5 nitrogen and oxygen atoms in total. The molecule has 0 amide bonds. The van der Waals surface area contributed by atoms with E-state index in [0.29, 0.717) is 37.1 Å². The van der Waals surface area contributed by atoms with Crippen LogP contribution in [0, 0.1) is 11.7 Å². The van der Waals surface area contributed by atoms with E-state index in [2.05, 4.69) is 18.7 Å². The highest BCUT2D eigenvalue weighted by atomic mass is 19.1. The molecule has 0 radical (unpaired) electrons. The van der Waals surface area contributed by atoms with Crippen LogP contribution in [0.1, 0.15) is 32.8 Å². The van der Waals surface area contributed by atoms with Crippen LogP contribution in [-0.2, 0) is 13.6 Å². The van der Waals surface area contributed by atoms with Gasteiger partial charge in [-0.25, -0.2) is 9.07 Å². The fraction of sp³-hybridized carbons (Fsp3) is 0.400. The summed E-state index contributed by atoms with van der Waals surface area (Å²) in [7, 11) is 1.85. The number of hydrogen-bond donors (Lipinski definition) is 1. The Labute approximate surface area is 184 Å². The lowest BCUT2D eigenvalue weighted by Crippen LogP contribution is -2.34. The standard InChI is InChI=1S/C25H32FN3O2/c1-5-21(30)16-29(15-18(2)3)17-23-24(19-9-7-6-8-10-19)27-28(4)25(23)31-22-13-11-20(26)12-14-22/h6-14,18,21,30H,5,15-17H2,1-4H3. The van der Waals surface area contributed by atoms with Crippen molar-refractivity contribution < 1.29 is 14.2 Å². The molecule has 1 N–H and O–H groups in total. The van der Waals surface area contributed by atoms with E-state index in [-0.39, 0.29) is 5.82 Å². The summed E-state index contributed by atoms with van der Waals surface area (Å²) < 4.78 is 21.3. The molecule has 1 atom stereocenters. The Morgan fingerprint density at radius 2 is 1.74 bits per heavy atom. The first-order chi connectivity index (χ1) is 14.9. The van der Waals surface area contributed by atoms with Gasteiger partial charge in [0, 0.05) is 32.2 Å². The van der Waals surface area contributed by atoms with Crippen LogP contribution in [0.4, 0.5) is 4.39 Å². The SMILES string of the molecule is CCC(O)CN(Cc1c(-c2ccccc2)nn(C)c1Oc1ccc(F)cc1)CC(C)C. The molecule has 1 aromatic heterocycles. The Kier molecular flexibility index (Phi) is 7.82. The van der Waals surface area contributed by atoms with Gasteiger partial charge in [-0.3, -0.25) is 4.90 Å². The van der Waals surface area contributed by atoms with Crippen LogP contribution in [0.15, 0.2) is 54.6 Å². The zero-order valence-electron chi connectivity index (χ0n) is 18.8. The Morgan fingerprint density at radius 3 is 2.35 bits per heavy atom. The smallest absolute Gasteiger partial charge is 0.222 e. The van der Waals surface area contributed by atoms with E-state index in [9.17, 15) is 9.50 Å². The lowest BCUT2D eigenvalue weighted by molar-refractivity contribution is 0.0982. The Bertz CT molecular complexity index is 955. The molecule has 3 rings (SSSR count). The number of nitrogens with zero attached hydrogens (tertiary/aromatic N) is 3. The van der Waals surface area contributed by atoms with Crippen LogP contribution in [0.3, 0.4) is 0 Å². The first kappa shape index (κ1) is 23.0. The molecule has 2 aromatic carbocycles. The summed E-state index contributed by atoms with van der Waals surface area (Å²) >= 11 is 0. The summed E-state index contributed by atoms with van der Waals surface area (Å²) in [6, 6.07) is 16.0. The first-order valence-electron chi connectivity index (χ1n) is 10.8. The molecule has 0 aliphatic heterocycles. The van der Waals surface area contributed by atoms with Gasteiger partial charge >= 0.3 is 0 Å². The molecule has 31 heavy (non-hydrogen) atoms. The summed E-state index contributed by atoms with van der Waals surface area (Å²) in [6.07, 6.45) is 0.309. The summed E-state index contributed by atoms with van der Waals surface area (Å²) in [5.41, 5.74) is 2.80. The molecule has 0 bridgehead atoms. The molecule has 0 saturated heterocycles. The Morgan fingerprint density at radius 1 is 1.06 bits per heavy atom. The molecule has 0 aliphatic carbocycles. The number of halogens is 1. The average Bonchev–Trinajstić information content (AvgIpc) is 3.05. The largest absolute Gasteiger partial charge is 0.439 e. The monoisotopic (exact) mass is 425 g/mol. The van der Waals surface area contributed by atoms with E-state index >= 15 is 0 Å². The van der Waals surface area contributed by atoms with E-state index in [1.54, 1.807) is 16.8 Å². The van der Waals surface area contributed by atoms with Gasteiger partial charge in [0.15, 0.2) is 0 Å². The van der Waals surface area contributed by atoms with Crippen molar-refractivity contribution in [3.8, 4) is 22.9 Å². The van der Waals surface area contributed by atoms with Crippen LogP contribution in [0.25, 0.3) is 11.3 Å². The van der Waals surface area contributed by atoms with Crippen LogP contribution in [0.5, 0.6) is 11.6 Å². The number of benzene rings is 2. The lowest BCUT2D eigenvalue weighted by atomic mass is 10.1. The minimum Gasteiger partial charge on any atom is -0.439 e. The molecule has 0 spiro atoms. The third kappa shape index (κ3) is 6.15. The van der Waals surface area contributed by atoms with Crippen molar-refractivity contribution in [2.45, 2.75) is 39.8 Å². The van der Waals surface area contributed by atoms with Gasteiger partial charge < -0.3 is 9.84 Å². The van der Waals surface area contributed by atoms with Gasteiger partial charge in [-0.15, -0.1) is 0 Å². The molecule has 1 unspecified atom stereocenters. The van der Waals surface area contributed by atoms with Gasteiger partial charge in [-0.1, -0.05) is 51.1 Å². The third-order valence-electron chi connectivity index (χ3n) is 5.11. The molecule has 3 aromatic rings. The van der Waals surface area contributed by atoms with Gasteiger partial charge in [-0.2, -0.15) is 5.10 Å². The molecular formula is C25H32FN3O2. The molecule has 0 fully saturated rings. The fourth-order valence-electron chi connectivity index (χ4n) is 3.64. The van der Waals surface area contributed by atoms with Crippen LogP contribution >= 0.6 is 0 Å². The van der Waals surface area contributed by atoms with Crippen molar-refractivity contribution in [2.75, 3.05) is 13.1 Å². The third-order valence-corrected chi connectivity index (χ3v) is 5.11. The van der Waals surface area contributed by atoms with Crippen LogP contribution < -0.4 is 4.74 Å². The van der Waals surface area contributed by atoms with E-state index in [4.69, 9.17) is 9.84 Å². The molecule has 6 heteroatoms. The normalized spacial score (nSPS) is 12.5. The maximum Gasteiger partial charge on any atom is 0.222 e. The molecule has 0 aliphatic rings. The highest BCUT2D eigenvalue weighted by molar-refractivity contribution is 5.65. The summed E-state index contributed by atoms with van der Waals surface area (Å²) in [6.45, 7) is 8.33. The van der Waals surface area contributed by atoms with Gasteiger partial charge in [0.05, 0.1) is 11.7 Å². The summed E-state index contributed by atoms with van der Waals surface area (Å²) in [4.78, 5) is 2.25.